The zero-order valence-electron chi connectivity index (χ0n) is 16.0. The van der Waals surface area contributed by atoms with Crippen molar-refractivity contribution >= 4 is 40.4 Å². The molecule has 0 bridgehead atoms. The Morgan fingerprint density at radius 2 is 2.00 bits per heavy atom. The Morgan fingerprint density at radius 3 is 2.73 bits per heavy atom. The third-order valence-electron chi connectivity index (χ3n) is 4.16. The minimum absolute atomic E-state index is 0.00164. The van der Waals surface area contributed by atoms with E-state index >= 15 is 0 Å². The first-order valence-electron chi connectivity index (χ1n) is 9.07. The molecule has 0 radical (unpaired) electrons. The molecule has 1 amide bonds. The second kappa shape index (κ2) is 10.2. The van der Waals surface area contributed by atoms with Crippen molar-refractivity contribution in [2.75, 3.05) is 13.2 Å². The highest BCUT2D eigenvalue weighted by Crippen LogP contribution is 2.31. The van der Waals surface area contributed by atoms with E-state index in [1.807, 2.05) is 0 Å². The van der Waals surface area contributed by atoms with Gasteiger partial charge in [0, 0.05) is 13.0 Å². The van der Waals surface area contributed by atoms with E-state index in [-0.39, 0.29) is 29.9 Å². The van der Waals surface area contributed by atoms with Crippen LogP contribution in [0.4, 0.5) is 4.39 Å². The highest BCUT2D eigenvalue weighted by molar-refractivity contribution is 7.13. The summed E-state index contributed by atoms with van der Waals surface area (Å²) in [5.74, 6) is -0.261. The van der Waals surface area contributed by atoms with E-state index in [9.17, 15) is 14.3 Å². The fourth-order valence-corrected chi connectivity index (χ4v) is 4.01. The number of aliphatic hydroxyl groups is 1. The number of amides is 1. The van der Waals surface area contributed by atoms with Gasteiger partial charge in [-0.25, -0.2) is 9.37 Å². The number of nitrogens with one attached hydrogen (secondary N) is 1. The Hall–Kier alpha value is -2.19. The molecule has 2 N–H and O–H groups in total. The lowest BCUT2D eigenvalue weighted by Gasteiger charge is -2.14. The summed E-state index contributed by atoms with van der Waals surface area (Å²) in [6.45, 7) is 1.69. The van der Waals surface area contributed by atoms with E-state index in [0.717, 1.165) is 10.6 Å². The van der Waals surface area contributed by atoms with Crippen LogP contribution in [-0.4, -0.2) is 35.3 Å². The number of nitrogens with zero attached hydrogens (tertiary/aromatic N) is 1. The minimum atomic E-state index is -0.934. The van der Waals surface area contributed by atoms with Gasteiger partial charge in [-0.1, -0.05) is 41.4 Å². The number of ether oxygens (including phenoxy) is 1. The maximum Gasteiger partial charge on any atom is 0.263 e. The molecular formula is C21H19Cl2FN2O3S. The second-order valence-electron chi connectivity index (χ2n) is 6.55. The van der Waals surface area contributed by atoms with Crippen LogP contribution in [0.1, 0.15) is 25.9 Å². The van der Waals surface area contributed by atoms with Gasteiger partial charge in [0.1, 0.15) is 34.2 Å². The minimum Gasteiger partial charge on any atom is -0.489 e. The topological polar surface area (TPSA) is 71.5 Å². The molecule has 1 aromatic heterocycles. The zero-order valence-corrected chi connectivity index (χ0v) is 18.3. The molecule has 3 aromatic rings. The van der Waals surface area contributed by atoms with Crippen molar-refractivity contribution in [3.8, 4) is 5.75 Å². The van der Waals surface area contributed by atoms with Gasteiger partial charge in [0.05, 0.1) is 15.7 Å². The van der Waals surface area contributed by atoms with E-state index in [2.05, 4.69) is 10.3 Å². The van der Waals surface area contributed by atoms with Gasteiger partial charge in [0.25, 0.3) is 5.91 Å². The summed E-state index contributed by atoms with van der Waals surface area (Å²) in [4.78, 5) is 17.4. The number of rotatable bonds is 8. The number of hydrogen-bond donors (Lipinski definition) is 2. The highest BCUT2D eigenvalue weighted by Gasteiger charge is 2.17. The number of carbonyl (C=O) groups excluding carboxylic acids is 1. The molecule has 0 aliphatic heterocycles. The number of carbonyl (C=O) groups is 1. The van der Waals surface area contributed by atoms with E-state index < -0.39 is 6.10 Å². The number of thiazole rings is 1. The average Bonchev–Trinajstić information content (AvgIpc) is 3.09. The maximum atomic E-state index is 13.0. The molecule has 1 atom stereocenters. The van der Waals surface area contributed by atoms with Crippen molar-refractivity contribution < 1.29 is 19.0 Å². The molecule has 1 unspecified atom stereocenters. The normalized spacial score (nSPS) is 11.9. The average molecular weight is 469 g/mol. The number of aromatic nitrogens is 1. The van der Waals surface area contributed by atoms with Crippen molar-refractivity contribution in [2.45, 2.75) is 19.4 Å². The van der Waals surface area contributed by atoms with Gasteiger partial charge in [-0.2, -0.15) is 0 Å². The number of hydrogen-bond acceptors (Lipinski definition) is 5. The molecule has 0 fully saturated rings. The molecule has 9 heteroatoms. The van der Waals surface area contributed by atoms with Crippen molar-refractivity contribution in [3.05, 3.63) is 79.5 Å². The van der Waals surface area contributed by atoms with Crippen molar-refractivity contribution in [1.29, 1.82) is 0 Å². The maximum absolute atomic E-state index is 13.0. The highest BCUT2D eigenvalue weighted by atomic mass is 35.5. The molecule has 30 heavy (non-hydrogen) atoms. The van der Waals surface area contributed by atoms with Crippen LogP contribution in [0.5, 0.6) is 5.75 Å². The summed E-state index contributed by atoms with van der Waals surface area (Å²) in [6.07, 6.45) is -0.424. The smallest absolute Gasteiger partial charge is 0.263 e. The standard InChI is InChI=1S/C21H19Cl2FN2O3S/c1-12-20(30-18(26-12)9-13-5-7-14(24)8-6-13)21(28)25-10-15(27)11-29-17-4-2-3-16(22)19(17)23/h2-8,15,27H,9-11H2,1H3,(H,25,28). The fourth-order valence-electron chi connectivity index (χ4n) is 2.65. The van der Waals surface area contributed by atoms with Gasteiger partial charge in [-0.05, 0) is 36.8 Å². The van der Waals surface area contributed by atoms with Gasteiger partial charge in [-0.15, -0.1) is 11.3 Å². The Balaban J connectivity index is 1.52. The SMILES string of the molecule is Cc1nc(Cc2ccc(F)cc2)sc1C(=O)NCC(O)COc1cccc(Cl)c1Cl. The molecule has 1 heterocycles. The monoisotopic (exact) mass is 468 g/mol. The number of halogens is 3. The third kappa shape index (κ3) is 5.92. The van der Waals surface area contributed by atoms with E-state index in [1.54, 1.807) is 37.3 Å². The summed E-state index contributed by atoms with van der Waals surface area (Å²) >= 11 is 13.2. The van der Waals surface area contributed by atoms with Gasteiger partial charge in [0.15, 0.2) is 0 Å². The van der Waals surface area contributed by atoms with Crippen LogP contribution in [0.25, 0.3) is 0 Å². The van der Waals surface area contributed by atoms with Crippen molar-refractivity contribution in [1.82, 2.24) is 10.3 Å². The van der Waals surface area contributed by atoms with Crippen LogP contribution in [0.3, 0.4) is 0 Å². The van der Waals surface area contributed by atoms with Crippen LogP contribution < -0.4 is 10.1 Å². The lowest BCUT2D eigenvalue weighted by Crippen LogP contribution is -2.35. The number of aryl methyl sites for hydroxylation is 1. The van der Waals surface area contributed by atoms with Gasteiger partial charge in [-0.3, -0.25) is 4.79 Å². The lowest BCUT2D eigenvalue weighted by molar-refractivity contribution is 0.0846. The number of aliphatic hydroxyl groups excluding tert-OH is 1. The number of benzene rings is 2. The summed E-state index contributed by atoms with van der Waals surface area (Å²) < 4.78 is 18.5. The molecule has 0 aliphatic rings. The zero-order chi connectivity index (χ0) is 21.7. The van der Waals surface area contributed by atoms with E-state index in [1.165, 1.54) is 23.5 Å². The molecule has 3 rings (SSSR count). The molecule has 0 saturated carbocycles. The summed E-state index contributed by atoms with van der Waals surface area (Å²) in [7, 11) is 0. The summed E-state index contributed by atoms with van der Waals surface area (Å²) in [5, 5.41) is 14.2. The van der Waals surface area contributed by atoms with Crippen LogP contribution in [0, 0.1) is 12.7 Å². The van der Waals surface area contributed by atoms with Crippen LogP contribution in [0.15, 0.2) is 42.5 Å². The molecule has 158 valence electrons. The first kappa shape index (κ1) is 22.5. The molecular weight excluding hydrogens is 450 g/mol. The fraction of sp³-hybridized carbons (Fsp3) is 0.238. The van der Waals surface area contributed by atoms with Crippen LogP contribution >= 0.6 is 34.5 Å². The molecule has 2 aromatic carbocycles. The lowest BCUT2D eigenvalue weighted by atomic mass is 10.1. The summed E-state index contributed by atoms with van der Waals surface area (Å²) in [6, 6.07) is 11.1. The van der Waals surface area contributed by atoms with Gasteiger partial charge >= 0.3 is 0 Å². The predicted molar refractivity (Wildman–Crippen MR) is 116 cm³/mol. The first-order valence-corrected chi connectivity index (χ1v) is 10.6. The van der Waals surface area contributed by atoms with Crippen LogP contribution in [0.2, 0.25) is 10.0 Å². The Kier molecular flexibility index (Phi) is 7.66. The van der Waals surface area contributed by atoms with Crippen LogP contribution in [-0.2, 0) is 6.42 Å². The summed E-state index contributed by atoms with van der Waals surface area (Å²) in [5.41, 5.74) is 1.51. The molecule has 0 saturated heterocycles. The second-order valence-corrected chi connectivity index (χ2v) is 8.42. The van der Waals surface area contributed by atoms with Crippen molar-refractivity contribution in [2.24, 2.45) is 0 Å². The van der Waals surface area contributed by atoms with E-state index in [0.29, 0.717) is 27.8 Å². The quantitative estimate of drug-likeness (QED) is 0.504. The molecule has 0 spiro atoms. The Bertz CT molecular complexity index is 1030. The largest absolute Gasteiger partial charge is 0.489 e. The predicted octanol–water partition coefficient (Wildman–Crippen LogP) is 4.66. The Labute approximate surface area is 187 Å². The van der Waals surface area contributed by atoms with E-state index in [4.69, 9.17) is 27.9 Å². The van der Waals surface area contributed by atoms with Crippen molar-refractivity contribution in [3.63, 3.8) is 0 Å². The first-order chi connectivity index (χ1) is 14.3. The molecule has 5 nitrogen and oxygen atoms in total. The van der Waals surface area contributed by atoms with Gasteiger partial charge in [0.2, 0.25) is 0 Å². The van der Waals surface area contributed by atoms with Gasteiger partial charge < -0.3 is 15.2 Å². The Morgan fingerprint density at radius 1 is 1.27 bits per heavy atom. The third-order valence-corrected chi connectivity index (χ3v) is 6.12. The molecule has 0 aliphatic carbocycles.